The quantitative estimate of drug-likeness (QED) is 0.550. The average Bonchev–Trinajstić information content (AvgIpc) is 2.24. The van der Waals surface area contributed by atoms with Crippen molar-refractivity contribution in [1.82, 2.24) is 4.90 Å². The average molecular weight is 209 g/mol. The minimum Gasteiger partial charge on any atom is -0.391 e. The summed E-state index contributed by atoms with van der Waals surface area (Å²) in [6.45, 7) is 0.0864. The van der Waals surface area contributed by atoms with Gasteiger partial charge >= 0.3 is 0 Å². The van der Waals surface area contributed by atoms with Crippen LogP contribution in [0.5, 0.6) is 0 Å². The number of carbonyl (C=O) groups excluding carboxylic acids is 1. The molecule has 76 valence electrons. The molecule has 2 N–H and O–H groups in total. The molecule has 1 atom stereocenters. The summed E-state index contributed by atoms with van der Waals surface area (Å²) in [5.41, 5.74) is 0. The molecule has 0 aliphatic carbocycles. The van der Waals surface area contributed by atoms with Gasteiger partial charge in [-0.2, -0.15) is 8.42 Å². The molecule has 0 radical (unpaired) electrons. The Hall–Kier alpha value is -0.660. The van der Waals surface area contributed by atoms with Crippen LogP contribution in [0.25, 0.3) is 0 Å². The van der Waals surface area contributed by atoms with Gasteiger partial charge in [-0.1, -0.05) is 0 Å². The maximum atomic E-state index is 11.0. The highest BCUT2D eigenvalue weighted by molar-refractivity contribution is 7.85. The van der Waals surface area contributed by atoms with Crippen molar-refractivity contribution < 1.29 is 22.9 Å². The highest BCUT2D eigenvalue weighted by Gasteiger charge is 2.28. The van der Waals surface area contributed by atoms with Crippen LogP contribution in [0.2, 0.25) is 0 Å². The summed E-state index contributed by atoms with van der Waals surface area (Å²) in [5.74, 6) is -0.762. The van der Waals surface area contributed by atoms with Gasteiger partial charge < -0.3 is 10.0 Å². The van der Waals surface area contributed by atoms with E-state index in [2.05, 4.69) is 0 Å². The molecule has 1 heterocycles. The van der Waals surface area contributed by atoms with Crippen LogP contribution < -0.4 is 0 Å². The van der Waals surface area contributed by atoms with Crippen LogP contribution in [0, 0.1) is 0 Å². The number of carbonyl (C=O) groups is 1. The van der Waals surface area contributed by atoms with Crippen molar-refractivity contribution in [3.8, 4) is 0 Å². The fourth-order valence-corrected chi connectivity index (χ4v) is 1.64. The second-order valence-corrected chi connectivity index (χ2v) is 4.56. The number of rotatable bonds is 3. The number of likely N-dealkylation sites (tertiary alicyclic amines) is 1. The molecule has 1 aliphatic rings. The molecule has 1 amide bonds. The molecule has 0 aromatic heterocycles. The van der Waals surface area contributed by atoms with E-state index < -0.39 is 22.0 Å². The van der Waals surface area contributed by atoms with Crippen molar-refractivity contribution in [3.05, 3.63) is 0 Å². The van der Waals surface area contributed by atoms with Crippen LogP contribution in [0.15, 0.2) is 0 Å². The minimum absolute atomic E-state index is 0.0332. The lowest BCUT2D eigenvalue weighted by Gasteiger charge is -2.13. The van der Waals surface area contributed by atoms with Gasteiger partial charge in [-0.15, -0.1) is 0 Å². The third-order valence-electron chi connectivity index (χ3n) is 1.81. The third kappa shape index (κ3) is 3.29. The Morgan fingerprint density at radius 3 is 2.54 bits per heavy atom. The normalized spacial score (nSPS) is 24.0. The lowest BCUT2D eigenvalue weighted by Crippen LogP contribution is -2.31. The van der Waals surface area contributed by atoms with Gasteiger partial charge in [0.2, 0.25) is 5.91 Å². The van der Waals surface area contributed by atoms with E-state index in [1.54, 1.807) is 0 Å². The minimum atomic E-state index is -4.03. The summed E-state index contributed by atoms with van der Waals surface area (Å²) in [5, 5.41) is 9.02. The van der Waals surface area contributed by atoms with Crippen molar-refractivity contribution in [1.29, 1.82) is 0 Å². The van der Waals surface area contributed by atoms with Gasteiger partial charge in [0, 0.05) is 13.1 Å². The maximum absolute atomic E-state index is 11.0. The van der Waals surface area contributed by atoms with Gasteiger partial charge in [0.05, 0.1) is 18.3 Å². The van der Waals surface area contributed by atoms with Crippen molar-refractivity contribution in [2.75, 3.05) is 18.8 Å². The molecule has 6 nitrogen and oxygen atoms in total. The first kappa shape index (κ1) is 10.4. The number of β-amino-alcohol motifs (C(OH)–C–C–N with tert-alkyl or cyclic N) is 1. The van der Waals surface area contributed by atoms with E-state index in [0.717, 1.165) is 0 Å². The predicted molar refractivity (Wildman–Crippen MR) is 43.6 cm³/mol. The van der Waals surface area contributed by atoms with E-state index in [1.165, 1.54) is 4.90 Å². The fourth-order valence-electron chi connectivity index (χ4n) is 1.19. The molecule has 1 unspecified atom stereocenters. The Labute approximate surface area is 75.9 Å². The van der Waals surface area contributed by atoms with Crippen LogP contribution in [0.1, 0.15) is 6.42 Å². The molecule has 0 bridgehead atoms. The number of aliphatic hydroxyl groups excluding tert-OH is 1. The van der Waals surface area contributed by atoms with E-state index in [0.29, 0.717) is 0 Å². The molecule has 0 spiro atoms. The Balaban J connectivity index is 2.43. The van der Waals surface area contributed by atoms with E-state index in [4.69, 9.17) is 9.66 Å². The molecule has 0 saturated carbocycles. The van der Waals surface area contributed by atoms with Gasteiger partial charge in [0.25, 0.3) is 10.1 Å². The lowest BCUT2D eigenvalue weighted by molar-refractivity contribution is -0.127. The van der Waals surface area contributed by atoms with Crippen LogP contribution >= 0.6 is 0 Å². The Morgan fingerprint density at radius 1 is 1.54 bits per heavy atom. The standard InChI is InChI=1S/C6H11NO5S/c8-5-3-6(9)7(4-5)1-2-13(10,11)12/h5,8H,1-4H2,(H,10,11,12). The maximum Gasteiger partial charge on any atom is 0.266 e. The SMILES string of the molecule is O=C1CC(O)CN1CCS(=O)(=O)O. The fraction of sp³-hybridized carbons (Fsp3) is 0.833. The second-order valence-electron chi connectivity index (χ2n) is 2.98. The molecule has 7 heteroatoms. The molecule has 0 aromatic rings. The third-order valence-corrected chi connectivity index (χ3v) is 2.51. The van der Waals surface area contributed by atoms with Crippen molar-refractivity contribution in [3.63, 3.8) is 0 Å². The van der Waals surface area contributed by atoms with Crippen molar-refractivity contribution in [2.24, 2.45) is 0 Å². The highest BCUT2D eigenvalue weighted by Crippen LogP contribution is 2.10. The molecule has 0 aromatic carbocycles. The Morgan fingerprint density at radius 2 is 2.15 bits per heavy atom. The van der Waals surface area contributed by atoms with Crippen LogP contribution in [-0.4, -0.2) is 53.8 Å². The summed E-state index contributed by atoms with van der Waals surface area (Å²) < 4.78 is 29.1. The summed E-state index contributed by atoms with van der Waals surface area (Å²) in [7, 11) is -4.03. The number of aliphatic hydroxyl groups is 1. The predicted octanol–water partition coefficient (Wildman–Crippen LogP) is -1.53. The summed E-state index contributed by atoms with van der Waals surface area (Å²) in [6, 6.07) is 0. The first-order valence-electron chi connectivity index (χ1n) is 3.79. The summed E-state index contributed by atoms with van der Waals surface area (Å²) in [6.07, 6.45) is -0.681. The van der Waals surface area contributed by atoms with E-state index >= 15 is 0 Å². The van der Waals surface area contributed by atoms with E-state index in [-0.39, 0.29) is 25.4 Å². The zero-order valence-corrected chi connectivity index (χ0v) is 7.70. The number of nitrogens with zero attached hydrogens (tertiary/aromatic N) is 1. The zero-order valence-electron chi connectivity index (χ0n) is 6.88. The summed E-state index contributed by atoms with van der Waals surface area (Å²) in [4.78, 5) is 12.2. The largest absolute Gasteiger partial charge is 0.391 e. The van der Waals surface area contributed by atoms with Crippen LogP contribution in [-0.2, 0) is 14.9 Å². The smallest absolute Gasteiger partial charge is 0.266 e. The van der Waals surface area contributed by atoms with Crippen molar-refractivity contribution >= 4 is 16.0 Å². The van der Waals surface area contributed by atoms with Gasteiger partial charge in [-0.05, 0) is 0 Å². The number of hydrogen-bond donors (Lipinski definition) is 2. The monoisotopic (exact) mass is 209 g/mol. The van der Waals surface area contributed by atoms with Crippen LogP contribution in [0.4, 0.5) is 0 Å². The number of amides is 1. The Bertz CT molecular complexity index is 298. The van der Waals surface area contributed by atoms with Crippen LogP contribution in [0.3, 0.4) is 0 Å². The molecule has 1 fully saturated rings. The zero-order chi connectivity index (χ0) is 10.1. The highest BCUT2D eigenvalue weighted by atomic mass is 32.2. The first-order chi connectivity index (χ1) is 5.88. The first-order valence-corrected chi connectivity index (χ1v) is 5.40. The molecular formula is C6H11NO5S. The molecule has 13 heavy (non-hydrogen) atoms. The lowest BCUT2D eigenvalue weighted by atomic mass is 10.3. The molecular weight excluding hydrogens is 198 g/mol. The van der Waals surface area contributed by atoms with Gasteiger partial charge in [0.1, 0.15) is 0 Å². The van der Waals surface area contributed by atoms with E-state index in [1.807, 2.05) is 0 Å². The van der Waals surface area contributed by atoms with Crippen molar-refractivity contribution in [2.45, 2.75) is 12.5 Å². The molecule has 1 rings (SSSR count). The second kappa shape index (κ2) is 3.60. The summed E-state index contributed by atoms with van der Waals surface area (Å²) >= 11 is 0. The van der Waals surface area contributed by atoms with Gasteiger partial charge in [-0.25, -0.2) is 0 Å². The van der Waals surface area contributed by atoms with Gasteiger partial charge in [0.15, 0.2) is 0 Å². The molecule has 1 aliphatic heterocycles. The molecule has 1 saturated heterocycles. The van der Waals surface area contributed by atoms with E-state index in [9.17, 15) is 13.2 Å². The van der Waals surface area contributed by atoms with Gasteiger partial charge in [-0.3, -0.25) is 9.35 Å². The number of hydrogen-bond acceptors (Lipinski definition) is 4. The Kier molecular flexibility index (Phi) is 2.89. The topological polar surface area (TPSA) is 94.9 Å².